The molecule has 16 heavy (non-hydrogen) atoms. The van der Waals surface area contributed by atoms with Crippen LogP contribution < -0.4 is 0 Å². The number of hydrogen-bond acceptors (Lipinski definition) is 5. The van der Waals surface area contributed by atoms with Crippen LogP contribution in [0.5, 0.6) is 0 Å². The smallest absolute Gasteiger partial charge is 0.183 e. The van der Waals surface area contributed by atoms with Crippen LogP contribution in [0.25, 0.3) is 0 Å². The molecule has 1 aromatic rings. The third-order valence-corrected chi connectivity index (χ3v) is 3.92. The van der Waals surface area contributed by atoms with Gasteiger partial charge in [0.25, 0.3) is 0 Å². The van der Waals surface area contributed by atoms with Crippen molar-refractivity contribution in [1.82, 2.24) is 15.2 Å². The summed E-state index contributed by atoms with van der Waals surface area (Å²) >= 11 is 1.69. The van der Waals surface area contributed by atoms with Crippen LogP contribution in [0, 0.1) is 0 Å². The monoisotopic (exact) mass is 240 g/mol. The Morgan fingerprint density at radius 3 is 3.12 bits per heavy atom. The van der Waals surface area contributed by atoms with E-state index < -0.39 is 0 Å². The van der Waals surface area contributed by atoms with E-state index in [1.807, 2.05) is 0 Å². The SMILES string of the molecule is O/N=C1\CCCCCC(Sc2ncn[nH]2)C1. The molecule has 2 N–H and O–H groups in total. The second kappa shape index (κ2) is 5.89. The second-order valence-corrected chi connectivity index (χ2v) is 5.29. The largest absolute Gasteiger partial charge is 0.411 e. The zero-order valence-electron chi connectivity index (χ0n) is 9.09. The molecule has 1 fully saturated rings. The topological polar surface area (TPSA) is 74.2 Å². The lowest BCUT2D eigenvalue weighted by molar-refractivity contribution is 0.315. The fraction of sp³-hybridized carbons (Fsp3) is 0.700. The molecule has 1 saturated carbocycles. The van der Waals surface area contributed by atoms with Gasteiger partial charge in [0.05, 0.1) is 5.71 Å². The summed E-state index contributed by atoms with van der Waals surface area (Å²) in [5, 5.41) is 20.3. The molecule has 0 radical (unpaired) electrons. The summed E-state index contributed by atoms with van der Waals surface area (Å²) in [7, 11) is 0. The average Bonchev–Trinajstić information content (AvgIpc) is 2.74. The fourth-order valence-electron chi connectivity index (χ4n) is 1.95. The van der Waals surface area contributed by atoms with Crippen LogP contribution in [0.1, 0.15) is 38.5 Å². The molecule has 0 aromatic carbocycles. The van der Waals surface area contributed by atoms with Crippen molar-refractivity contribution in [3.05, 3.63) is 6.33 Å². The molecule has 0 spiro atoms. The number of nitrogens with one attached hydrogen (secondary N) is 1. The minimum absolute atomic E-state index is 0.444. The van der Waals surface area contributed by atoms with Crippen molar-refractivity contribution in [2.45, 2.75) is 48.9 Å². The summed E-state index contributed by atoms with van der Waals surface area (Å²) in [4.78, 5) is 4.11. The predicted molar refractivity (Wildman–Crippen MR) is 63.0 cm³/mol. The molecule has 0 aliphatic heterocycles. The van der Waals surface area contributed by atoms with Gasteiger partial charge in [-0.25, -0.2) is 4.98 Å². The summed E-state index contributed by atoms with van der Waals surface area (Å²) in [6.07, 6.45) is 8.03. The zero-order chi connectivity index (χ0) is 11.2. The van der Waals surface area contributed by atoms with Gasteiger partial charge in [0.2, 0.25) is 0 Å². The molecule has 5 nitrogen and oxygen atoms in total. The van der Waals surface area contributed by atoms with Gasteiger partial charge in [0.15, 0.2) is 5.16 Å². The van der Waals surface area contributed by atoms with Crippen LogP contribution in [0.3, 0.4) is 0 Å². The third kappa shape index (κ3) is 3.23. The lowest BCUT2D eigenvalue weighted by atomic mass is 9.99. The van der Waals surface area contributed by atoms with Gasteiger partial charge in [-0.1, -0.05) is 29.8 Å². The average molecular weight is 240 g/mol. The molecule has 1 atom stereocenters. The van der Waals surface area contributed by atoms with Crippen molar-refractivity contribution in [3.8, 4) is 0 Å². The lowest BCUT2D eigenvalue weighted by Gasteiger charge is -2.18. The number of thioether (sulfide) groups is 1. The van der Waals surface area contributed by atoms with E-state index in [-0.39, 0.29) is 0 Å². The van der Waals surface area contributed by atoms with E-state index in [0.29, 0.717) is 5.25 Å². The van der Waals surface area contributed by atoms with Crippen molar-refractivity contribution in [3.63, 3.8) is 0 Å². The molecule has 1 aliphatic carbocycles. The van der Waals surface area contributed by atoms with Gasteiger partial charge in [-0.2, -0.15) is 5.10 Å². The Morgan fingerprint density at radius 1 is 1.44 bits per heavy atom. The number of aromatic nitrogens is 3. The zero-order valence-corrected chi connectivity index (χ0v) is 9.91. The summed E-state index contributed by atoms with van der Waals surface area (Å²) < 4.78 is 0. The molecule has 0 bridgehead atoms. The maximum Gasteiger partial charge on any atom is 0.183 e. The highest BCUT2D eigenvalue weighted by atomic mass is 32.2. The molecule has 1 unspecified atom stereocenters. The quantitative estimate of drug-likeness (QED) is 0.615. The fourth-order valence-corrected chi connectivity index (χ4v) is 3.03. The first-order valence-corrected chi connectivity index (χ1v) is 6.48. The number of rotatable bonds is 2. The highest BCUT2D eigenvalue weighted by Crippen LogP contribution is 2.29. The number of H-pyrrole nitrogens is 1. The summed E-state index contributed by atoms with van der Waals surface area (Å²) in [5.41, 5.74) is 0.914. The highest BCUT2D eigenvalue weighted by Gasteiger charge is 2.17. The molecule has 6 heteroatoms. The van der Waals surface area contributed by atoms with Gasteiger partial charge in [-0.3, -0.25) is 5.10 Å². The van der Waals surface area contributed by atoms with Crippen molar-refractivity contribution < 1.29 is 5.21 Å². The normalized spacial score (nSPS) is 25.2. The maximum atomic E-state index is 8.89. The molecule has 0 amide bonds. The van der Waals surface area contributed by atoms with Crippen molar-refractivity contribution in [2.75, 3.05) is 0 Å². The van der Waals surface area contributed by atoms with Gasteiger partial charge in [-0.15, -0.1) is 0 Å². The summed E-state index contributed by atoms with van der Waals surface area (Å²) in [6.45, 7) is 0. The lowest BCUT2D eigenvalue weighted by Crippen LogP contribution is -2.14. The Hall–Kier alpha value is -1.04. The molecule has 88 valence electrons. The van der Waals surface area contributed by atoms with Crippen LogP contribution in [-0.4, -0.2) is 31.4 Å². The van der Waals surface area contributed by atoms with E-state index in [1.54, 1.807) is 11.8 Å². The molecule has 1 aliphatic rings. The Bertz CT molecular complexity index is 339. The molecule has 1 aromatic heterocycles. The Morgan fingerprint density at radius 2 is 2.38 bits per heavy atom. The molecule has 2 rings (SSSR count). The first kappa shape index (κ1) is 11.4. The van der Waals surface area contributed by atoms with Crippen LogP contribution in [0.2, 0.25) is 0 Å². The van der Waals surface area contributed by atoms with E-state index in [0.717, 1.165) is 36.6 Å². The maximum absolute atomic E-state index is 8.89. The highest BCUT2D eigenvalue weighted by molar-refractivity contribution is 7.99. The van der Waals surface area contributed by atoms with Gasteiger partial charge < -0.3 is 5.21 Å². The molecule has 0 saturated heterocycles. The van der Waals surface area contributed by atoms with Crippen LogP contribution in [-0.2, 0) is 0 Å². The first-order chi connectivity index (χ1) is 7.88. The molecule has 1 heterocycles. The van der Waals surface area contributed by atoms with Crippen molar-refractivity contribution in [1.29, 1.82) is 0 Å². The van der Waals surface area contributed by atoms with Crippen molar-refractivity contribution >= 4 is 17.5 Å². The van der Waals surface area contributed by atoms with Crippen LogP contribution >= 0.6 is 11.8 Å². The molecular weight excluding hydrogens is 224 g/mol. The third-order valence-electron chi connectivity index (χ3n) is 2.77. The molecular formula is C10H16N4OS. The Kier molecular flexibility index (Phi) is 4.21. The van der Waals surface area contributed by atoms with Gasteiger partial charge in [-0.05, 0) is 19.3 Å². The van der Waals surface area contributed by atoms with E-state index in [1.165, 1.54) is 19.2 Å². The minimum atomic E-state index is 0.444. The number of nitrogens with zero attached hydrogens (tertiary/aromatic N) is 3. The van der Waals surface area contributed by atoms with Gasteiger partial charge >= 0.3 is 0 Å². The van der Waals surface area contributed by atoms with Crippen LogP contribution in [0.4, 0.5) is 0 Å². The number of hydrogen-bond donors (Lipinski definition) is 2. The summed E-state index contributed by atoms with van der Waals surface area (Å²) in [6, 6.07) is 0. The van der Waals surface area contributed by atoms with E-state index in [4.69, 9.17) is 5.21 Å². The predicted octanol–water partition coefficient (Wildman–Crippen LogP) is 2.45. The minimum Gasteiger partial charge on any atom is -0.411 e. The van der Waals surface area contributed by atoms with E-state index in [9.17, 15) is 0 Å². The Balaban J connectivity index is 1.95. The number of oxime groups is 1. The number of aromatic amines is 1. The van der Waals surface area contributed by atoms with Gasteiger partial charge in [0.1, 0.15) is 6.33 Å². The Labute approximate surface area is 98.7 Å². The van der Waals surface area contributed by atoms with E-state index in [2.05, 4.69) is 20.3 Å². The summed E-state index contributed by atoms with van der Waals surface area (Å²) in [5.74, 6) is 0. The van der Waals surface area contributed by atoms with Crippen molar-refractivity contribution in [2.24, 2.45) is 5.16 Å². The van der Waals surface area contributed by atoms with E-state index >= 15 is 0 Å². The second-order valence-electron chi connectivity index (χ2n) is 4.00. The van der Waals surface area contributed by atoms with Crippen LogP contribution in [0.15, 0.2) is 16.6 Å². The first-order valence-electron chi connectivity index (χ1n) is 5.60. The van der Waals surface area contributed by atoms with Gasteiger partial charge in [0, 0.05) is 11.7 Å². The standard InChI is InChI=1S/C10H16N4OS/c15-14-8-4-2-1-3-5-9(6-8)16-10-11-7-12-13-10/h7,9,15H,1-6H2,(H,11,12,13)/b14-8+.